The van der Waals surface area contributed by atoms with E-state index in [0.29, 0.717) is 0 Å². The topological polar surface area (TPSA) is 59.9 Å². The van der Waals surface area contributed by atoms with Gasteiger partial charge in [-0.25, -0.2) is 0 Å². The number of thiophene rings is 1. The van der Waals surface area contributed by atoms with E-state index in [4.69, 9.17) is 9.97 Å². The van der Waals surface area contributed by atoms with Crippen molar-refractivity contribution in [2.24, 2.45) is 0 Å². The number of aromatic nitrogens is 2. The molecule has 9 aromatic carbocycles. The molecule has 7 heteroatoms. The highest BCUT2D eigenvalue weighted by Crippen LogP contribution is 2.48. The van der Waals surface area contributed by atoms with Gasteiger partial charge in [0, 0.05) is 75.2 Å². The first-order valence-corrected chi connectivity index (χ1v) is 26.5. The van der Waals surface area contributed by atoms with E-state index in [2.05, 4.69) is 109 Å². The molecule has 0 fully saturated rings. The molecule has 0 saturated heterocycles. The predicted octanol–water partition coefficient (Wildman–Crippen LogP) is 13.4. The quantitative estimate of drug-likeness (QED) is 0.107. The standard InChI is InChI=1S/C60H40N2O2P2S/c63-65(43-19-7-2-8-20-43,44-21-9-3-10-22-44)47-28-32-57-55(39-47)56-40-48(29-33-58(56)67-57)66(64,45-23-11-4-12-24-45)46-25-15-18-42(38-46)49-26-13-14-27-51(49)52-35-37-62-60-54(52)31-30-53-50(34-36-61-59(53)60)41-16-5-1-6-17-41/h1-40H. The maximum Gasteiger partial charge on any atom is 0.171 e. The summed E-state index contributed by atoms with van der Waals surface area (Å²) in [5.41, 5.74) is 8.03. The Morgan fingerprint density at radius 1 is 0.299 bits per heavy atom. The molecule has 1 atom stereocenters. The molecule has 3 heterocycles. The van der Waals surface area contributed by atoms with E-state index >= 15 is 9.13 Å². The van der Waals surface area contributed by atoms with Crippen molar-refractivity contribution in [3.05, 3.63) is 243 Å². The smallest absolute Gasteiger partial charge is 0.171 e. The molecule has 0 N–H and O–H groups in total. The van der Waals surface area contributed by atoms with Gasteiger partial charge in [0.15, 0.2) is 14.3 Å². The van der Waals surface area contributed by atoms with Crippen LogP contribution in [0.1, 0.15) is 0 Å². The Kier molecular flexibility index (Phi) is 10.2. The summed E-state index contributed by atoms with van der Waals surface area (Å²) in [5.74, 6) is 0. The zero-order valence-electron chi connectivity index (χ0n) is 36.1. The SMILES string of the molecule is O=P(c1ccccc1)(c1ccccc1)c1ccc2sc3ccc(P(=O)(c4ccccc4)c4cccc(-c5ccccc5-c5ccnc6c5ccc5c(-c7ccccc7)ccnc56)c4)cc3c2c1. The second-order valence-corrected chi connectivity index (χ2v) is 23.3. The lowest BCUT2D eigenvalue weighted by molar-refractivity contribution is 0.591. The molecule has 3 aromatic heterocycles. The monoisotopic (exact) mass is 914 g/mol. The first-order valence-electron chi connectivity index (χ1n) is 22.3. The Morgan fingerprint density at radius 2 is 0.716 bits per heavy atom. The number of benzene rings is 9. The van der Waals surface area contributed by atoms with Gasteiger partial charge >= 0.3 is 0 Å². The summed E-state index contributed by atoms with van der Waals surface area (Å²) in [7, 11) is -6.71. The number of rotatable bonds is 9. The van der Waals surface area contributed by atoms with Crippen LogP contribution in [0.15, 0.2) is 243 Å². The van der Waals surface area contributed by atoms with Crippen LogP contribution in [-0.2, 0) is 9.13 Å². The zero-order valence-corrected chi connectivity index (χ0v) is 38.7. The Hall–Kier alpha value is -7.52. The number of hydrogen-bond acceptors (Lipinski definition) is 5. The molecular weight excluding hydrogens is 875 g/mol. The Bertz CT molecular complexity index is 3890. The van der Waals surface area contributed by atoms with Crippen LogP contribution in [0.3, 0.4) is 0 Å². The van der Waals surface area contributed by atoms with E-state index < -0.39 is 14.3 Å². The number of pyridine rings is 2. The molecule has 12 aromatic rings. The maximum atomic E-state index is 16.4. The second-order valence-electron chi connectivity index (χ2n) is 16.7. The summed E-state index contributed by atoms with van der Waals surface area (Å²) in [4.78, 5) is 9.79. The van der Waals surface area contributed by atoms with Gasteiger partial charge in [-0.15, -0.1) is 11.3 Å². The number of hydrogen-bond donors (Lipinski definition) is 0. The Balaban J connectivity index is 0.997. The minimum atomic E-state index is -3.47. The van der Waals surface area contributed by atoms with Crippen molar-refractivity contribution < 1.29 is 9.13 Å². The third kappa shape index (κ3) is 6.90. The fourth-order valence-electron chi connectivity index (χ4n) is 9.72. The van der Waals surface area contributed by atoms with Gasteiger partial charge < -0.3 is 9.13 Å². The first-order chi connectivity index (χ1) is 33.0. The fraction of sp³-hybridized carbons (Fsp3) is 0. The molecule has 0 aliphatic heterocycles. The molecule has 0 radical (unpaired) electrons. The van der Waals surface area contributed by atoms with E-state index in [-0.39, 0.29) is 0 Å². The highest BCUT2D eigenvalue weighted by atomic mass is 32.1. The van der Waals surface area contributed by atoms with Crippen molar-refractivity contribution in [2.45, 2.75) is 0 Å². The molecule has 0 aliphatic rings. The second kappa shape index (κ2) is 16.7. The van der Waals surface area contributed by atoms with Crippen LogP contribution in [-0.4, -0.2) is 9.97 Å². The Labute approximate surface area is 392 Å². The lowest BCUT2D eigenvalue weighted by Crippen LogP contribution is -2.25. The maximum absolute atomic E-state index is 16.4. The molecule has 4 nitrogen and oxygen atoms in total. The van der Waals surface area contributed by atoms with Crippen molar-refractivity contribution >= 4 is 99.4 Å². The molecule has 0 amide bonds. The molecule has 12 rings (SSSR count). The largest absolute Gasteiger partial charge is 0.309 e. The van der Waals surface area contributed by atoms with Gasteiger partial charge in [-0.3, -0.25) is 9.97 Å². The normalized spacial score (nSPS) is 12.7. The van der Waals surface area contributed by atoms with Crippen LogP contribution >= 0.6 is 25.6 Å². The van der Waals surface area contributed by atoms with Crippen LogP contribution < -0.4 is 31.8 Å². The van der Waals surface area contributed by atoms with Crippen molar-refractivity contribution in [1.82, 2.24) is 9.97 Å². The molecule has 0 spiro atoms. The number of nitrogens with zero attached hydrogens (tertiary/aromatic N) is 2. The summed E-state index contributed by atoms with van der Waals surface area (Å²) in [5, 5.41) is 8.63. The van der Waals surface area contributed by atoms with Gasteiger partial charge in [-0.2, -0.15) is 0 Å². The van der Waals surface area contributed by atoms with Gasteiger partial charge in [0.1, 0.15) is 0 Å². The van der Waals surface area contributed by atoms with Crippen LogP contribution in [0.4, 0.5) is 0 Å². The summed E-state index contributed by atoms with van der Waals surface area (Å²) >= 11 is 1.70. The van der Waals surface area contributed by atoms with E-state index in [1.165, 1.54) is 0 Å². The van der Waals surface area contributed by atoms with E-state index in [0.717, 1.165) is 107 Å². The minimum Gasteiger partial charge on any atom is -0.309 e. The van der Waals surface area contributed by atoms with Gasteiger partial charge in [-0.05, 0) is 88.0 Å². The highest BCUT2D eigenvalue weighted by molar-refractivity contribution is 7.85. The van der Waals surface area contributed by atoms with Gasteiger partial charge in [0.2, 0.25) is 0 Å². The fourth-order valence-corrected chi connectivity index (χ4v) is 16.2. The molecule has 0 bridgehead atoms. The van der Waals surface area contributed by atoms with Crippen LogP contribution in [0, 0.1) is 0 Å². The van der Waals surface area contributed by atoms with Crippen molar-refractivity contribution in [2.75, 3.05) is 0 Å². The van der Waals surface area contributed by atoms with Crippen molar-refractivity contribution in [3.8, 4) is 33.4 Å². The lowest BCUT2D eigenvalue weighted by atomic mass is 9.92. The summed E-state index contributed by atoms with van der Waals surface area (Å²) in [6.45, 7) is 0. The summed E-state index contributed by atoms with van der Waals surface area (Å²) < 4.78 is 34.1. The van der Waals surface area contributed by atoms with Gasteiger partial charge in [-0.1, -0.05) is 176 Å². The molecule has 0 saturated carbocycles. The lowest BCUT2D eigenvalue weighted by Gasteiger charge is -2.22. The van der Waals surface area contributed by atoms with Crippen LogP contribution in [0.25, 0.3) is 75.4 Å². The molecule has 318 valence electrons. The predicted molar refractivity (Wildman–Crippen MR) is 285 cm³/mol. The third-order valence-corrected chi connectivity index (χ3v) is 20.2. The Morgan fingerprint density at radius 3 is 1.27 bits per heavy atom. The van der Waals surface area contributed by atoms with E-state index in [1.807, 2.05) is 134 Å². The van der Waals surface area contributed by atoms with Gasteiger partial charge in [0.05, 0.1) is 11.0 Å². The summed E-state index contributed by atoms with van der Waals surface area (Å²) in [6.07, 6.45) is 3.75. The average molecular weight is 915 g/mol. The molecular formula is C60H40N2O2P2S. The number of fused-ring (bicyclic) bond motifs is 6. The van der Waals surface area contributed by atoms with Gasteiger partial charge in [0.25, 0.3) is 0 Å². The zero-order chi connectivity index (χ0) is 45.0. The van der Waals surface area contributed by atoms with E-state index in [1.54, 1.807) is 11.3 Å². The minimum absolute atomic E-state index is 0.741. The highest BCUT2D eigenvalue weighted by Gasteiger charge is 2.33. The van der Waals surface area contributed by atoms with Crippen LogP contribution in [0.2, 0.25) is 0 Å². The van der Waals surface area contributed by atoms with Crippen molar-refractivity contribution in [3.63, 3.8) is 0 Å². The summed E-state index contributed by atoms with van der Waals surface area (Å²) in [6, 6.07) is 77.5. The molecule has 67 heavy (non-hydrogen) atoms. The first kappa shape index (κ1) is 40.9. The molecule has 1 unspecified atom stereocenters. The third-order valence-electron chi connectivity index (χ3n) is 13.0. The van der Waals surface area contributed by atoms with Crippen molar-refractivity contribution in [1.29, 1.82) is 0 Å². The van der Waals surface area contributed by atoms with Crippen LogP contribution in [0.5, 0.6) is 0 Å². The van der Waals surface area contributed by atoms with E-state index in [9.17, 15) is 0 Å². The molecule has 0 aliphatic carbocycles. The average Bonchev–Trinajstić information content (AvgIpc) is 3.78.